The van der Waals surface area contributed by atoms with Gasteiger partial charge in [0.2, 0.25) is 0 Å². The minimum absolute atomic E-state index is 0.649. The van der Waals surface area contributed by atoms with Crippen LogP contribution in [0.25, 0.3) is 0 Å². The number of hydrogen-bond acceptors (Lipinski definition) is 5. The summed E-state index contributed by atoms with van der Waals surface area (Å²) in [7, 11) is 1.11. The molecule has 0 saturated carbocycles. The Hall–Kier alpha value is -1.17. The van der Waals surface area contributed by atoms with E-state index in [0.717, 1.165) is 29.4 Å². The van der Waals surface area contributed by atoms with Crippen molar-refractivity contribution in [3.05, 3.63) is 11.4 Å². The van der Waals surface area contributed by atoms with Gasteiger partial charge >= 0.3 is 0 Å². The summed E-state index contributed by atoms with van der Waals surface area (Å²) in [5.74, 6) is 3.84. The zero-order chi connectivity index (χ0) is 13.5. The molecule has 0 fully saturated rings. The molecule has 102 valence electrons. The molecule has 0 amide bonds. The maximum Gasteiger partial charge on any atom is 0.134 e. The maximum atomic E-state index is 11.4. The van der Waals surface area contributed by atoms with Gasteiger partial charge in [-0.25, -0.2) is 9.97 Å². The first-order valence-electron chi connectivity index (χ1n) is 6.26. The molecule has 0 radical (unpaired) electrons. The van der Waals surface area contributed by atoms with Crippen LogP contribution in [-0.4, -0.2) is 39.3 Å². The standard InChI is InChI=1S/C12H22N4OS/c1-5-10-15-11(13-4)9(3)12(16-10)14-7-8-18(17)6-2/h5-8H2,1-4H3,(H2,13,14,15,16). The lowest BCUT2D eigenvalue weighted by Gasteiger charge is -2.13. The van der Waals surface area contributed by atoms with Gasteiger partial charge in [-0.2, -0.15) is 0 Å². The number of aromatic nitrogens is 2. The van der Waals surface area contributed by atoms with Crippen molar-refractivity contribution in [2.75, 3.05) is 35.7 Å². The molecule has 1 unspecified atom stereocenters. The summed E-state index contributed by atoms with van der Waals surface area (Å²) < 4.78 is 11.4. The van der Waals surface area contributed by atoms with E-state index in [9.17, 15) is 4.21 Å². The molecule has 5 nitrogen and oxygen atoms in total. The second-order valence-corrected chi connectivity index (χ2v) is 5.79. The summed E-state index contributed by atoms with van der Waals surface area (Å²) >= 11 is 0. The number of rotatable bonds is 7. The van der Waals surface area contributed by atoms with Crippen LogP contribution in [0.1, 0.15) is 25.2 Å². The van der Waals surface area contributed by atoms with Crippen LogP contribution < -0.4 is 10.6 Å². The predicted octanol–water partition coefficient (Wildman–Crippen LogP) is 1.57. The van der Waals surface area contributed by atoms with Crippen molar-refractivity contribution in [3.63, 3.8) is 0 Å². The van der Waals surface area contributed by atoms with E-state index in [-0.39, 0.29) is 0 Å². The van der Waals surface area contributed by atoms with Gasteiger partial charge in [0.25, 0.3) is 0 Å². The molecule has 0 aliphatic heterocycles. The number of anilines is 2. The van der Waals surface area contributed by atoms with Crippen LogP contribution >= 0.6 is 0 Å². The largest absolute Gasteiger partial charge is 0.373 e. The van der Waals surface area contributed by atoms with Crippen molar-refractivity contribution in [2.24, 2.45) is 0 Å². The number of aryl methyl sites for hydroxylation is 1. The molecule has 1 atom stereocenters. The van der Waals surface area contributed by atoms with Gasteiger partial charge in [-0.05, 0) is 6.92 Å². The van der Waals surface area contributed by atoms with Crippen molar-refractivity contribution in [1.29, 1.82) is 0 Å². The van der Waals surface area contributed by atoms with Crippen molar-refractivity contribution in [2.45, 2.75) is 27.2 Å². The molecule has 0 aliphatic rings. The highest BCUT2D eigenvalue weighted by Gasteiger charge is 2.08. The van der Waals surface area contributed by atoms with E-state index in [1.165, 1.54) is 0 Å². The Labute approximate surface area is 111 Å². The van der Waals surface area contributed by atoms with Gasteiger partial charge in [-0.15, -0.1) is 0 Å². The molecule has 2 N–H and O–H groups in total. The van der Waals surface area contributed by atoms with E-state index in [2.05, 4.69) is 20.6 Å². The van der Waals surface area contributed by atoms with Gasteiger partial charge in [-0.3, -0.25) is 4.21 Å². The minimum Gasteiger partial charge on any atom is -0.373 e. The highest BCUT2D eigenvalue weighted by molar-refractivity contribution is 7.84. The molecular formula is C12H22N4OS. The SMILES string of the molecule is CCc1nc(NC)c(C)c(NCCS(=O)CC)n1. The average Bonchev–Trinajstić information content (AvgIpc) is 2.40. The second-order valence-electron chi connectivity index (χ2n) is 3.93. The molecule has 0 aromatic carbocycles. The van der Waals surface area contributed by atoms with E-state index in [1.807, 2.05) is 27.8 Å². The van der Waals surface area contributed by atoms with E-state index < -0.39 is 10.8 Å². The van der Waals surface area contributed by atoms with Crippen LogP contribution in [0.2, 0.25) is 0 Å². The number of nitrogens with one attached hydrogen (secondary N) is 2. The lowest BCUT2D eigenvalue weighted by Crippen LogP contribution is -2.15. The highest BCUT2D eigenvalue weighted by atomic mass is 32.2. The topological polar surface area (TPSA) is 66.9 Å². The smallest absolute Gasteiger partial charge is 0.134 e. The first-order valence-corrected chi connectivity index (χ1v) is 7.75. The van der Waals surface area contributed by atoms with Gasteiger partial charge in [0.15, 0.2) is 0 Å². The third kappa shape index (κ3) is 3.94. The van der Waals surface area contributed by atoms with E-state index in [1.54, 1.807) is 0 Å². The molecular weight excluding hydrogens is 248 g/mol. The normalized spacial score (nSPS) is 12.2. The van der Waals surface area contributed by atoms with E-state index in [4.69, 9.17) is 0 Å². The Morgan fingerprint density at radius 2 is 1.89 bits per heavy atom. The first-order chi connectivity index (χ1) is 8.62. The molecule has 0 aliphatic carbocycles. The predicted molar refractivity (Wildman–Crippen MR) is 77.7 cm³/mol. The summed E-state index contributed by atoms with van der Waals surface area (Å²) in [5, 5.41) is 6.31. The number of hydrogen-bond donors (Lipinski definition) is 2. The molecule has 1 aromatic rings. The van der Waals surface area contributed by atoms with Crippen LogP contribution in [0, 0.1) is 6.92 Å². The van der Waals surface area contributed by atoms with Gasteiger partial charge in [0.1, 0.15) is 17.5 Å². The Kier molecular flexibility index (Phi) is 6.04. The monoisotopic (exact) mass is 270 g/mol. The Morgan fingerprint density at radius 3 is 2.44 bits per heavy atom. The Morgan fingerprint density at radius 1 is 1.22 bits per heavy atom. The quantitative estimate of drug-likeness (QED) is 0.787. The second kappa shape index (κ2) is 7.31. The van der Waals surface area contributed by atoms with E-state index in [0.29, 0.717) is 18.1 Å². The maximum absolute atomic E-state index is 11.4. The van der Waals surface area contributed by atoms with Gasteiger partial charge in [-0.1, -0.05) is 13.8 Å². The molecule has 0 bridgehead atoms. The summed E-state index contributed by atoms with van der Waals surface area (Å²) in [5.41, 5.74) is 0.997. The molecule has 0 spiro atoms. The zero-order valence-corrected chi connectivity index (χ0v) is 12.4. The van der Waals surface area contributed by atoms with Gasteiger partial charge in [0, 0.05) is 47.9 Å². The van der Waals surface area contributed by atoms with Crippen molar-refractivity contribution < 1.29 is 4.21 Å². The van der Waals surface area contributed by atoms with Gasteiger partial charge in [0.05, 0.1) is 0 Å². The minimum atomic E-state index is -0.743. The fourth-order valence-electron chi connectivity index (χ4n) is 1.56. The molecule has 1 aromatic heterocycles. The van der Waals surface area contributed by atoms with E-state index >= 15 is 0 Å². The zero-order valence-electron chi connectivity index (χ0n) is 11.5. The summed E-state index contributed by atoms with van der Waals surface area (Å²) in [4.78, 5) is 8.87. The first kappa shape index (κ1) is 14.9. The summed E-state index contributed by atoms with van der Waals surface area (Å²) in [6, 6.07) is 0. The van der Waals surface area contributed by atoms with Crippen molar-refractivity contribution in [1.82, 2.24) is 9.97 Å². The fourth-order valence-corrected chi connectivity index (χ4v) is 2.18. The molecule has 6 heteroatoms. The van der Waals surface area contributed by atoms with Crippen LogP contribution in [0.3, 0.4) is 0 Å². The molecule has 1 rings (SSSR count). The average molecular weight is 270 g/mol. The summed E-state index contributed by atoms with van der Waals surface area (Å²) in [6.07, 6.45) is 0.796. The Bertz CT molecular complexity index is 423. The van der Waals surface area contributed by atoms with Crippen LogP contribution in [-0.2, 0) is 17.2 Å². The van der Waals surface area contributed by atoms with Crippen molar-refractivity contribution in [3.8, 4) is 0 Å². The van der Waals surface area contributed by atoms with Crippen LogP contribution in [0.4, 0.5) is 11.6 Å². The molecule has 0 saturated heterocycles. The lowest BCUT2D eigenvalue weighted by molar-refractivity contribution is 0.684. The molecule has 1 heterocycles. The van der Waals surface area contributed by atoms with Crippen LogP contribution in [0.5, 0.6) is 0 Å². The van der Waals surface area contributed by atoms with Crippen molar-refractivity contribution >= 4 is 22.4 Å². The third-order valence-electron chi connectivity index (χ3n) is 2.69. The fraction of sp³-hybridized carbons (Fsp3) is 0.667. The Balaban J connectivity index is 2.77. The lowest BCUT2D eigenvalue weighted by atomic mass is 10.3. The summed E-state index contributed by atoms with van der Waals surface area (Å²) in [6.45, 7) is 6.61. The number of nitrogens with zero attached hydrogens (tertiary/aromatic N) is 2. The molecule has 18 heavy (non-hydrogen) atoms. The third-order valence-corrected chi connectivity index (χ3v) is 3.99. The van der Waals surface area contributed by atoms with Gasteiger partial charge < -0.3 is 10.6 Å². The highest BCUT2D eigenvalue weighted by Crippen LogP contribution is 2.19. The van der Waals surface area contributed by atoms with Crippen LogP contribution in [0.15, 0.2) is 0 Å².